The van der Waals surface area contributed by atoms with Gasteiger partial charge in [0.05, 0.1) is 0 Å². The molecular formula is C27H32N2O5. The zero-order chi connectivity index (χ0) is 24.7. The second-order valence-electron chi connectivity index (χ2n) is 9.12. The number of aliphatic carboxylic acids is 1. The summed E-state index contributed by atoms with van der Waals surface area (Å²) in [6.45, 7) is 7.45. The zero-order valence-electron chi connectivity index (χ0n) is 19.7. The van der Waals surface area contributed by atoms with Crippen LogP contribution in [0.2, 0.25) is 0 Å². The van der Waals surface area contributed by atoms with Crippen molar-refractivity contribution in [3.8, 4) is 11.1 Å². The third kappa shape index (κ3) is 5.84. The lowest BCUT2D eigenvalue weighted by atomic mass is 9.87. The maximum absolute atomic E-state index is 12.6. The monoisotopic (exact) mass is 464 g/mol. The van der Waals surface area contributed by atoms with Gasteiger partial charge in [-0.15, -0.1) is 6.58 Å². The molecule has 1 unspecified atom stereocenters. The first kappa shape index (κ1) is 25.0. The van der Waals surface area contributed by atoms with E-state index in [2.05, 4.69) is 41.5 Å². The van der Waals surface area contributed by atoms with Crippen LogP contribution in [-0.2, 0) is 14.3 Å². The fourth-order valence-corrected chi connectivity index (χ4v) is 4.14. The number of hydrogen-bond acceptors (Lipinski definition) is 4. The van der Waals surface area contributed by atoms with Crippen molar-refractivity contribution < 1.29 is 24.2 Å². The van der Waals surface area contributed by atoms with Crippen molar-refractivity contribution >= 4 is 18.0 Å². The van der Waals surface area contributed by atoms with Gasteiger partial charge in [-0.1, -0.05) is 68.5 Å². The summed E-state index contributed by atoms with van der Waals surface area (Å²) in [5.41, 5.74) is 3.73. The van der Waals surface area contributed by atoms with Crippen molar-refractivity contribution in [3.05, 3.63) is 72.3 Å². The minimum Gasteiger partial charge on any atom is -0.480 e. The van der Waals surface area contributed by atoms with E-state index in [4.69, 9.17) is 4.74 Å². The summed E-state index contributed by atoms with van der Waals surface area (Å²) in [4.78, 5) is 36.3. The van der Waals surface area contributed by atoms with Crippen LogP contribution >= 0.6 is 0 Å². The van der Waals surface area contributed by atoms with Crippen molar-refractivity contribution in [3.63, 3.8) is 0 Å². The Labute approximate surface area is 200 Å². The number of ether oxygens (including phenoxy) is 1. The third-order valence-corrected chi connectivity index (χ3v) is 6.24. The lowest BCUT2D eigenvalue weighted by Gasteiger charge is -2.26. The molecule has 2 aromatic carbocycles. The van der Waals surface area contributed by atoms with Crippen LogP contribution in [0.25, 0.3) is 11.1 Å². The van der Waals surface area contributed by atoms with E-state index in [-0.39, 0.29) is 31.4 Å². The normalized spacial score (nSPS) is 13.4. The number of carboxylic acid groups (broad SMARTS) is 1. The Morgan fingerprint density at radius 1 is 1.09 bits per heavy atom. The molecule has 0 saturated carbocycles. The average Bonchev–Trinajstić information content (AvgIpc) is 3.13. The van der Waals surface area contributed by atoms with Crippen LogP contribution in [0.4, 0.5) is 4.79 Å². The lowest BCUT2D eigenvalue weighted by Crippen LogP contribution is -2.47. The molecular weight excluding hydrogens is 432 g/mol. The predicted molar refractivity (Wildman–Crippen MR) is 130 cm³/mol. The molecule has 180 valence electrons. The first-order valence-corrected chi connectivity index (χ1v) is 11.5. The van der Waals surface area contributed by atoms with Gasteiger partial charge in [-0.25, -0.2) is 9.59 Å². The van der Waals surface area contributed by atoms with Gasteiger partial charge in [-0.05, 0) is 41.5 Å². The summed E-state index contributed by atoms with van der Waals surface area (Å²) < 4.78 is 5.52. The SMILES string of the molecule is C=CCCC(NC(=O)C(C)(C)CCNC(=O)OCC1c2ccccc2-c2ccccc21)C(=O)O. The minimum atomic E-state index is -1.08. The molecule has 7 heteroatoms. The number of fused-ring (bicyclic) bond motifs is 3. The second kappa shape index (κ2) is 11.0. The minimum absolute atomic E-state index is 0.0242. The summed E-state index contributed by atoms with van der Waals surface area (Å²) in [6, 6.07) is 15.3. The fourth-order valence-electron chi connectivity index (χ4n) is 4.14. The van der Waals surface area contributed by atoms with Gasteiger partial charge in [0.25, 0.3) is 0 Å². The van der Waals surface area contributed by atoms with Crippen LogP contribution in [0.15, 0.2) is 61.2 Å². The van der Waals surface area contributed by atoms with Gasteiger partial charge in [0.15, 0.2) is 0 Å². The smallest absolute Gasteiger partial charge is 0.407 e. The largest absolute Gasteiger partial charge is 0.480 e. The van der Waals surface area contributed by atoms with Crippen LogP contribution in [0.3, 0.4) is 0 Å². The number of benzene rings is 2. The highest BCUT2D eigenvalue weighted by Gasteiger charge is 2.32. The number of carboxylic acids is 1. The fraction of sp³-hybridized carbons (Fsp3) is 0.370. The third-order valence-electron chi connectivity index (χ3n) is 6.24. The van der Waals surface area contributed by atoms with E-state index in [1.54, 1.807) is 19.9 Å². The number of carbonyl (C=O) groups is 3. The standard InChI is InChI=1S/C27H32N2O5/c1-4-5-14-23(24(30)31)29-25(32)27(2,3)15-16-28-26(33)34-17-22-20-12-8-6-10-18(20)19-11-7-9-13-21(19)22/h4,6-13,22-23H,1,5,14-17H2,2-3H3,(H,28,33)(H,29,32)(H,30,31). The molecule has 0 spiro atoms. The Morgan fingerprint density at radius 3 is 2.24 bits per heavy atom. The number of alkyl carbamates (subject to hydrolysis) is 1. The summed E-state index contributed by atoms with van der Waals surface area (Å²) in [7, 11) is 0. The highest BCUT2D eigenvalue weighted by molar-refractivity contribution is 5.87. The van der Waals surface area contributed by atoms with Crippen molar-refractivity contribution in [2.45, 2.75) is 45.1 Å². The maximum atomic E-state index is 12.6. The molecule has 0 radical (unpaired) electrons. The molecule has 0 heterocycles. The Balaban J connectivity index is 1.49. The Bertz CT molecular complexity index is 1020. The molecule has 1 aliphatic rings. The molecule has 1 aliphatic carbocycles. The van der Waals surface area contributed by atoms with Gasteiger partial charge in [-0.3, -0.25) is 4.79 Å². The number of carbonyl (C=O) groups excluding carboxylic acids is 2. The quantitative estimate of drug-likeness (QED) is 0.426. The maximum Gasteiger partial charge on any atom is 0.407 e. The molecule has 0 saturated heterocycles. The second-order valence-corrected chi connectivity index (χ2v) is 9.12. The summed E-state index contributed by atoms with van der Waals surface area (Å²) in [5, 5.41) is 14.6. The summed E-state index contributed by atoms with van der Waals surface area (Å²) >= 11 is 0. The number of allylic oxidation sites excluding steroid dienone is 1. The number of amides is 2. The highest BCUT2D eigenvalue weighted by atomic mass is 16.5. The topological polar surface area (TPSA) is 105 Å². The zero-order valence-corrected chi connectivity index (χ0v) is 19.7. The van der Waals surface area contributed by atoms with Gasteiger partial charge in [-0.2, -0.15) is 0 Å². The first-order valence-electron chi connectivity index (χ1n) is 11.5. The van der Waals surface area contributed by atoms with Crippen molar-refractivity contribution in [2.75, 3.05) is 13.2 Å². The van der Waals surface area contributed by atoms with Crippen LogP contribution in [-0.4, -0.2) is 42.3 Å². The lowest BCUT2D eigenvalue weighted by molar-refractivity contribution is -0.143. The Kier molecular flexibility index (Phi) is 8.10. The van der Waals surface area contributed by atoms with Gasteiger partial charge in [0.2, 0.25) is 5.91 Å². The van der Waals surface area contributed by atoms with Crippen LogP contribution in [0.1, 0.15) is 50.2 Å². The van der Waals surface area contributed by atoms with Crippen LogP contribution < -0.4 is 10.6 Å². The molecule has 7 nitrogen and oxygen atoms in total. The van der Waals surface area contributed by atoms with Crippen molar-refractivity contribution in [2.24, 2.45) is 5.41 Å². The first-order chi connectivity index (χ1) is 16.2. The molecule has 2 amide bonds. The molecule has 3 N–H and O–H groups in total. The number of hydrogen-bond donors (Lipinski definition) is 3. The average molecular weight is 465 g/mol. The molecule has 2 aromatic rings. The number of nitrogens with one attached hydrogen (secondary N) is 2. The van der Waals surface area contributed by atoms with E-state index in [0.29, 0.717) is 12.8 Å². The van der Waals surface area contributed by atoms with Gasteiger partial charge >= 0.3 is 12.1 Å². The Hall–Kier alpha value is -3.61. The van der Waals surface area contributed by atoms with Crippen molar-refractivity contribution in [1.29, 1.82) is 0 Å². The van der Waals surface area contributed by atoms with Gasteiger partial charge in [0.1, 0.15) is 12.6 Å². The van der Waals surface area contributed by atoms with Crippen LogP contribution in [0, 0.1) is 5.41 Å². The Morgan fingerprint density at radius 2 is 1.68 bits per heavy atom. The highest BCUT2D eigenvalue weighted by Crippen LogP contribution is 2.44. The summed E-state index contributed by atoms with van der Waals surface area (Å²) in [6.07, 6.45) is 2.16. The predicted octanol–water partition coefficient (Wildman–Crippen LogP) is 4.48. The van der Waals surface area contributed by atoms with E-state index in [1.165, 1.54) is 0 Å². The van der Waals surface area contributed by atoms with E-state index in [0.717, 1.165) is 22.3 Å². The van der Waals surface area contributed by atoms with E-state index in [1.807, 2.05) is 24.3 Å². The van der Waals surface area contributed by atoms with E-state index < -0.39 is 23.5 Å². The van der Waals surface area contributed by atoms with Gasteiger partial charge in [0, 0.05) is 17.9 Å². The summed E-state index contributed by atoms with van der Waals surface area (Å²) in [5.74, 6) is -1.48. The molecule has 1 atom stereocenters. The molecule has 0 bridgehead atoms. The van der Waals surface area contributed by atoms with Crippen molar-refractivity contribution in [1.82, 2.24) is 10.6 Å². The van der Waals surface area contributed by atoms with E-state index in [9.17, 15) is 19.5 Å². The van der Waals surface area contributed by atoms with E-state index >= 15 is 0 Å². The molecule has 0 aromatic heterocycles. The molecule has 3 rings (SSSR count). The molecule has 0 fully saturated rings. The van der Waals surface area contributed by atoms with Gasteiger partial charge < -0.3 is 20.5 Å². The molecule has 34 heavy (non-hydrogen) atoms. The number of rotatable bonds is 11. The van der Waals surface area contributed by atoms with Crippen LogP contribution in [0.5, 0.6) is 0 Å². The molecule has 0 aliphatic heterocycles.